The van der Waals surface area contributed by atoms with Crippen LogP contribution in [-0.2, 0) is 4.79 Å². The van der Waals surface area contributed by atoms with Crippen molar-refractivity contribution in [2.75, 3.05) is 0 Å². The van der Waals surface area contributed by atoms with E-state index >= 15 is 0 Å². The van der Waals surface area contributed by atoms with Gasteiger partial charge in [-0.25, -0.2) is 0 Å². The van der Waals surface area contributed by atoms with Crippen molar-refractivity contribution in [2.24, 2.45) is 0 Å². The molecule has 1 aliphatic carbocycles. The maximum absolute atomic E-state index is 10.3. The number of aliphatic carboxylic acids is 1. The number of carboxylic acids is 1. The van der Waals surface area contributed by atoms with Crippen LogP contribution < -0.4 is 0 Å². The van der Waals surface area contributed by atoms with Crippen LogP contribution in [0.2, 0.25) is 0 Å². The zero-order valence-corrected chi connectivity index (χ0v) is 10.6. The minimum absolute atomic E-state index is 0.198. The molecule has 2 nitrogen and oxygen atoms in total. The molecule has 15 heavy (non-hydrogen) atoms. The molecular weight excluding hydrogens is 188 g/mol. The summed E-state index contributed by atoms with van der Waals surface area (Å²) in [5.41, 5.74) is 2.36. The summed E-state index contributed by atoms with van der Waals surface area (Å²) in [6.45, 7) is 10.1. The fourth-order valence-corrected chi connectivity index (χ4v) is 1.13. The fourth-order valence-electron chi connectivity index (χ4n) is 1.13. The molecule has 88 valence electrons. The maximum atomic E-state index is 10.3. The molecule has 2 heteroatoms. The second-order valence-electron chi connectivity index (χ2n) is 2.91. The van der Waals surface area contributed by atoms with E-state index in [9.17, 15) is 4.79 Å². The summed E-state index contributed by atoms with van der Waals surface area (Å²) < 4.78 is 0. The van der Waals surface area contributed by atoms with Gasteiger partial charge in [-0.05, 0) is 19.8 Å². The second kappa shape index (κ2) is 11.0. The van der Waals surface area contributed by atoms with Crippen LogP contribution in [0.5, 0.6) is 0 Å². The van der Waals surface area contributed by atoms with Crippen molar-refractivity contribution >= 4 is 5.97 Å². The van der Waals surface area contributed by atoms with Gasteiger partial charge in [0.1, 0.15) is 0 Å². The number of hydrogen-bond donors (Lipinski definition) is 1. The normalized spacial score (nSPS) is 13.4. The summed E-state index contributed by atoms with van der Waals surface area (Å²) in [6.07, 6.45) is 6.05. The molecular formula is C13H24O2. The first-order valence-corrected chi connectivity index (χ1v) is 5.75. The highest BCUT2D eigenvalue weighted by molar-refractivity contribution is 5.70. The number of allylic oxidation sites excluding steroid dienone is 3. The van der Waals surface area contributed by atoms with Gasteiger partial charge in [-0.15, -0.1) is 0 Å². The smallest absolute Gasteiger partial charge is 0.307 e. The van der Waals surface area contributed by atoms with Crippen molar-refractivity contribution < 1.29 is 9.90 Å². The molecule has 0 saturated heterocycles. The Morgan fingerprint density at radius 1 is 1.20 bits per heavy atom. The monoisotopic (exact) mass is 212 g/mol. The summed E-state index contributed by atoms with van der Waals surface area (Å²) >= 11 is 0. The Morgan fingerprint density at radius 2 is 1.73 bits per heavy atom. The summed E-state index contributed by atoms with van der Waals surface area (Å²) in [6, 6.07) is 0. The average molecular weight is 212 g/mol. The molecule has 0 atom stereocenters. The Balaban J connectivity index is 0. The lowest BCUT2D eigenvalue weighted by Crippen LogP contribution is -1.99. The van der Waals surface area contributed by atoms with Crippen molar-refractivity contribution in [1.29, 1.82) is 0 Å². The van der Waals surface area contributed by atoms with Gasteiger partial charge in [0.25, 0.3) is 0 Å². The molecule has 0 aromatic heterocycles. The number of carbonyl (C=O) groups is 1. The minimum atomic E-state index is -0.732. The molecule has 0 unspecified atom stereocenters. The highest BCUT2D eigenvalue weighted by Crippen LogP contribution is 2.19. The van der Waals surface area contributed by atoms with Crippen molar-refractivity contribution in [3.8, 4) is 0 Å². The van der Waals surface area contributed by atoms with Gasteiger partial charge < -0.3 is 5.11 Å². The lowest BCUT2D eigenvalue weighted by molar-refractivity contribution is -0.136. The average Bonchev–Trinajstić information content (AvgIpc) is 2.27. The molecule has 0 bridgehead atoms. The van der Waals surface area contributed by atoms with Crippen LogP contribution in [0, 0.1) is 0 Å². The molecule has 0 spiro atoms. The Labute approximate surface area is 93.7 Å². The molecule has 0 aromatic carbocycles. The van der Waals surface area contributed by atoms with E-state index < -0.39 is 5.97 Å². The first-order chi connectivity index (χ1) is 7.18. The summed E-state index contributed by atoms with van der Waals surface area (Å²) in [5.74, 6) is -0.732. The number of carboxylic acid groups (broad SMARTS) is 1. The Hall–Kier alpha value is -1.05. The minimum Gasteiger partial charge on any atom is -0.481 e. The molecule has 0 aromatic rings. The summed E-state index contributed by atoms with van der Waals surface area (Å²) in [5, 5.41) is 8.47. The van der Waals surface area contributed by atoms with E-state index in [1.165, 1.54) is 5.57 Å². The maximum Gasteiger partial charge on any atom is 0.307 e. The third kappa shape index (κ3) is 9.26. The molecule has 0 aliphatic heterocycles. The van der Waals surface area contributed by atoms with Crippen molar-refractivity contribution in [2.45, 2.75) is 53.9 Å². The second-order valence-corrected chi connectivity index (χ2v) is 2.91. The van der Waals surface area contributed by atoms with Gasteiger partial charge >= 0.3 is 5.97 Å². The zero-order chi connectivity index (χ0) is 12.3. The van der Waals surface area contributed by atoms with E-state index in [2.05, 4.69) is 6.92 Å². The van der Waals surface area contributed by atoms with E-state index in [1.807, 2.05) is 39.8 Å². The summed E-state index contributed by atoms with van der Waals surface area (Å²) in [4.78, 5) is 10.3. The first kappa shape index (κ1) is 16.4. The Morgan fingerprint density at radius 3 is 2.07 bits per heavy atom. The van der Waals surface area contributed by atoms with Gasteiger partial charge in [-0.3, -0.25) is 4.79 Å². The lowest BCUT2D eigenvalue weighted by atomic mass is 9.97. The van der Waals surface area contributed by atoms with Crippen LogP contribution in [0.4, 0.5) is 0 Å². The van der Waals surface area contributed by atoms with Crippen LogP contribution in [0.15, 0.2) is 23.3 Å². The Bertz CT molecular complexity index is 225. The third-order valence-corrected chi connectivity index (χ3v) is 1.82. The quantitative estimate of drug-likeness (QED) is 0.745. The van der Waals surface area contributed by atoms with Crippen molar-refractivity contribution in [3.63, 3.8) is 0 Å². The van der Waals surface area contributed by atoms with Gasteiger partial charge in [-0.1, -0.05) is 51.0 Å². The van der Waals surface area contributed by atoms with E-state index in [0.717, 1.165) is 18.4 Å². The lowest BCUT2D eigenvalue weighted by Gasteiger charge is -2.09. The van der Waals surface area contributed by atoms with Crippen LogP contribution in [0.25, 0.3) is 0 Å². The highest BCUT2D eigenvalue weighted by atomic mass is 16.4. The van der Waals surface area contributed by atoms with E-state index in [0.29, 0.717) is 0 Å². The predicted octanol–water partition coefficient (Wildman–Crippen LogP) is 4.18. The third-order valence-electron chi connectivity index (χ3n) is 1.82. The fraction of sp³-hybridized carbons (Fsp3) is 0.615. The van der Waals surface area contributed by atoms with Gasteiger partial charge in [-0.2, -0.15) is 0 Å². The molecule has 0 fully saturated rings. The van der Waals surface area contributed by atoms with Crippen LogP contribution in [0.1, 0.15) is 53.9 Å². The predicted molar refractivity (Wildman–Crippen MR) is 66.0 cm³/mol. The highest BCUT2D eigenvalue weighted by Gasteiger charge is 2.06. The molecule has 1 aliphatic rings. The topological polar surface area (TPSA) is 37.3 Å². The molecule has 1 N–H and O–H groups in total. The van der Waals surface area contributed by atoms with Crippen molar-refractivity contribution in [3.05, 3.63) is 23.3 Å². The zero-order valence-electron chi connectivity index (χ0n) is 10.6. The standard InChI is InChI=1S/C9H12O2.2C2H6/c1-7-2-4-8(5-3-7)6-9(10)11;2*1-2/h2,4H,3,5-6H2,1H3,(H,10,11);2*1-2H3. The van der Waals surface area contributed by atoms with Gasteiger partial charge in [0, 0.05) is 0 Å². The van der Waals surface area contributed by atoms with E-state index in [-0.39, 0.29) is 6.42 Å². The Kier molecular flexibility index (Phi) is 12.0. The summed E-state index contributed by atoms with van der Waals surface area (Å²) in [7, 11) is 0. The van der Waals surface area contributed by atoms with E-state index in [4.69, 9.17) is 5.11 Å². The molecule has 0 saturated carbocycles. The van der Waals surface area contributed by atoms with Gasteiger partial charge in [0.15, 0.2) is 0 Å². The molecule has 1 rings (SSSR count). The van der Waals surface area contributed by atoms with E-state index in [1.54, 1.807) is 0 Å². The van der Waals surface area contributed by atoms with Crippen LogP contribution in [0.3, 0.4) is 0 Å². The largest absolute Gasteiger partial charge is 0.481 e. The van der Waals surface area contributed by atoms with Crippen LogP contribution in [-0.4, -0.2) is 11.1 Å². The van der Waals surface area contributed by atoms with Gasteiger partial charge in [0.2, 0.25) is 0 Å². The SMILES string of the molecule is CC.CC.CC1=CC=C(CC(=O)O)CC1. The van der Waals surface area contributed by atoms with Gasteiger partial charge in [0.05, 0.1) is 6.42 Å². The molecule has 0 amide bonds. The first-order valence-electron chi connectivity index (χ1n) is 5.75. The van der Waals surface area contributed by atoms with Crippen LogP contribution >= 0.6 is 0 Å². The molecule has 0 radical (unpaired) electrons. The molecule has 0 heterocycles. The number of hydrogen-bond acceptors (Lipinski definition) is 1. The van der Waals surface area contributed by atoms with Crippen molar-refractivity contribution in [1.82, 2.24) is 0 Å². The number of rotatable bonds is 2.